The van der Waals surface area contributed by atoms with E-state index >= 15 is 0 Å². The Morgan fingerprint density at radius 1 is 1.06 bits per heavy atom. The lowest BCUT2D eigenvalue weighted by Crippen LogP contribution is -2.42. The summed E-state index contributed by atoms with van der Waals surface area (Å²) in [5.41, 5.74) is 0. The van der Waals surface area contributed by atoms with Gasteiger partial charge in [-0.3, -0.25) is 0 Å². The van der Waals surface area contributed by atoms with Crippen LogP contribution in [-0.4, -0.2) is 50.7 Å². The average molecular weight is 247 g/mol. The molecule has 4 nitrogen and oxygen atoms in total. The predicted molar refractivity (Wildman–Crippen MR) is 70.2 cm³/mol. The molecule has 17 heavy (non-hydrogen) atoms. The van der Waals surface area contributed by atoms with Crippen molar-refractivity contribution in [2.75, 3.05) is 33.5 Å². The highest BCUT2D eigenvalue weighted by Crippen LogP contribution is 2.02. The van der Waals surface area contributed by atoms with Crippen molar-refractivity contribution in [1.82, 2.24) is 5.32 Å². The highest BCUT2D eigenvalue weighted by Gasteiger charge is 2.14. The van der Waals surface area contributed by atoms with E-state index in [0.717, 1.165) is 0 Å². The summed E-state index contributed by atoms with van der Waals surface area (Å²) in [5, 5.41) is 13.0. The molecule has 0 radical (unpaired) electrons. The number of hydrogen-bond acceptors (Lipinski definition) is 4. The zero-order valence-corrected chi connectivity index (χ0v) is 11.9. The summed E-state index contributed by atoms with van der Waals surface area (Å²) in [6.45, 7) is 10.8. The van der Waals surface area contributed by atoms with E-state index in [-0.39, 0.29) is 6.04 Å². The zero-order valence-electron chi connectivity index (χ0n) is 11.9. The van der Waals surface area contributed by atoms with Gasteiger partial charge in [-0.05, 0) is 11.8 Å². The summed E-state index contributed by atoms with van der Waals surface area (Å²) in [6.07, 6.45) is -0.452. The van der Waals surface area contributed by atoms with Crippen molar-refractivity contribution >= 4 is 0 Å². The molecule has 0 aliphatic carbocycles. The van der Waals surface area contributed by atoms with Gasteiger partial charge in [-0.15, -0.1) is 0 Å². The van der Waals surface area contributed by atoms with Crippen LogP contribution in [0.2, 0.25) is 0 Å². The molecule has 2 N–H and O–H groups in total. The largest absolute Gasteiger partial charge is 0.389 e. The van der Waals surface area contributed by atoms with Gasteiger partial charge in [0.15, 0.2) is 0 Å². The first-order chi connectivity index (χ1) is 7.97. The van der Waals surface area contributed by atoms with Gasteiger partial charge >= 0.3 is 0 Å². The first-order valence-corrected chi connectivity index (χ1v) is 6.45. The Hall–Kier alpha value is -0.160. The third kappa shape index (κ3) is 9.53. The van der Waals surface area contributed by atoms with Gasteiger partial charge in [-0.2, -0.15) is 0 Å². The van der Waals surface area contributed by atoms with Gasteiger partial charge in [0.2, 0.25) is 0 Å². The van der Waals surface area contributed by atoms with Crippen LogP contribution >= 0.6 is 0 Å². The topological polar surface area (TPSA) is 50.7 Å². The third-order valence-electron chi connectivity index (χ3n) is 2.53. The van der Waals surface area contributed by atoms with Crippen LogP contribution in [0, 0.1) is 11.8 Å². The van der Waals surface area contributed by atoms with Crippen molar-refractivity contribution in [3.05, 3.63) is 0 Å². The van der Waals surface area contributed by atoms with Crippen molar-refractivity contribution in [2.24, 2.45) is 11.8 Å². The number of hydrogen-bond donors (Lipinski definition) is 2. The molecule has 0 aliphatic heterocycles. The fraction of sp³-hybridized carbons (Fsp3) is 1.00. The van der Waals surface area contributed by atoms with Gasteiger partial charge in [0, 0.05) is 26.3 Å². The molecule has 2 unspecified atom stereocenters. The normalized spacial score (nSPS) is 15.5. The van der Waals surface area contributed by atoms with E-state index in [0.29, 0.717) is 38.2 Å². The maximum Gasteiger partial charge on any atom is 0.0897 e. The highest BCUT2D eigenvalue weighted by atomic mass is 16.5. The quantitative estimate of drug-likeness (QED) is 0.610. The molecular formula is C13H29NO3. The van der Waals surface area contributed by atoms with Crippen LogP contribution in [0.15, 0.2) is 0 Å². The molecule has 4 heteroatoms. The molecule has 0 aromatic carbocycles. The molecule has 0 aromatic rings. The second-order valence-corrected chi connectivity index (χ2v) is 5.30. The molecule has 0 heterocycles. The molecule has 2 atom stereocenters. The van der Waals surface area contributed by atoms with Crippen molar-refractivity contribution < 1.29 is 14.6 Å². The van der Waals surface area contributed by atoms with E-state index in [1.165, 1.54) is 0 Å². The van der Waals surface area contributed by atoms with Crippen molar-refractivity contribution in [2.45, 2.75) is 39.8 Å². The molecule has 0 aliphatic rings. The number of rotatable bonds is 10. The van der Waals surface area contributed by atoms with Crippen LogP contribution < -0.4 is 5.32 Å². The Labute approximate surface area is 106 Å². The Morgan fingerprint density at radius 2 is 1.71 bits per heavy atom. The van der Waals surface area contributed by atoms with Gasteiger partial charge in [-0.25, -0.2) is 0 Å². The minimum atomic E-state index is -0.452. The Balaban J connectivity index is 3.68. The van der Waals surface area contributed by atoms with Crippen LogP contribution in [0.5, 0.6) is 0 Å². The summed E-state index contributed by atoms with van der Waals surface area (Å²) in [6, 6.07) is 0.278. The van der Waals surface area contributed by atoms with Gasteiger partial charge in [0.05, 0.1) is 19.3 Å². The van der Waals surface area contributed by atoms with E-state index in [1.54, 1.807) is 7.11 Å². The molecule has 104 valence electrons. The maximum atomic E-state index is 9.73. The van der Waals surface area contributed by atoms with Gasteiger partial charge < -0.3 is 19.9 Å². The van der Waals surface area contributed by atoms with Crippen LogP contribution in [0.25, 0.3) is 0 Å². The van der Waals surface area contributed by atoms with Crippen molar-refractivity contribution in [3.8, 4) is 0 Å². The molecular weight excluding hydrogens is 218 g/mol. The Morgan fingerprint density at radius 3 is 2.18 bits per heavy atom. The lowest BCUT2D eigenvalue weighted by atomic mass is 10.1. The monoisotopic (exact) mass is 247 g/mol. The first kappa shape index (κ1) is 16.8. The second kappa shape index (κ2) is 9.83. The van der Waals surface area contributed by atoms with Crippen LogP contribution in [0.4, 0.5) is 0 Å². The van der Waals surface area contributed by atoms with Crippen LogP contribution in [-0.2, 0) is 9.47 Å². The molecule has 0 saturated carbocycles. The lowest BCUT2D eigenvalue weighted by Gasteiger charge is -2.23. The minimum absolute atomic E-state index is 0.278. The minimum Gasteiger partial charge on any atom is -0.389 e. The van der Waals surface area contributed by atoms with Gasteiger partial charge in [0.1, 0.15) is 0 Å². The smallest absolute Gasteiger partial charge is 0.0897 e. The summed E-state index contributed by atoms with van der Waals surface area (Å²) in [5.74, 6) is 0.991. The first-order valence-electron chi connectivity index (χ1n) is 6.45. The highest BCUT2D eigenvalue weighted by molar-refractivity contribution is 4.72. The summed E-state index contributed by atoms with van der Waals surface area (Å²) >= 11 is 0. The molecule has 0 fully saturated rings. The van der Waals surface area contributed by atoms with Crippen LogP contribution in [0.3, 0.4) is 0 Å². The van der Waals surface area contributed by atoms with E-state index < -0.39 is 6.10 Å². The molecule has 0 spiro atoms. The second-order valence-electron chi connectivity index (χ2n) is 5.30. The third-order valence-corrected chi connectivity index (χ3v) is 2.53. The summed E-state index contributed by atoms with van der Waals surface area (Å²) < 4.78 is 10.5. The zero-order chi connectivity index (χ0) is 13.3. The fourth-order valence-corrected chi connectivity index (χ4v) is 1.45. The number of aliphatic hydroxyl groups is 1. The van der Waals surface area contributed by atoms with Gasteiger partial charge in [0.25, 0.3) is 0 Å². The number of methoxy groups -OCH3 is 1. The number of ether oxygens (including phenoxy) is 2. The van der Waals surface area contributed by atoms with E-state index in [4.69, 9.17) is 9.47 Å². The predicted octanol–water partition coefficient (Wildman–Crippen LogP) is 1.28. The van der Waals surface area contributed by atoms with E-state index in [2.05, 4.69) is 33.0 Å². The van der Waals surface area contributed by atoms with E-state index in [1.807, 2.05) is 0 Å². The standard InChI is InChI=1S/C13H29NO3/c1-10(2)7-17-8-12(15)6-14-13(9-16-5)11(3)4/h10-15H,6-9H2,1-5H3. The molecule has 0 rings (SSSR count). The lowest BCUT2D eigenvalue weighted by molar-refractivity contribution is 0.0222. The maximum absolute atomic E-state index is 9.73. The fourth-order valence-electron chi connectivity index (χ4n) is 1.45. The van der Waals surface area contributed by atoms with Crippen molar-refractivity contribution in [3.63, 3.8) is 0 Å². The Bertz CT molecular complexity index is 174. The molecule has 0 aromatic heterocycles. The van der Waals surface area contributed by atoms with Crippen molar-refractivity contribution in [1.29, 1.82) is 0 Å². The van der Waals surface area contributed by atoms with Crippen LogP contribution in [0.1, 0.15) is 27.7 Å². The van der Waals surface area contributed by atoms with E-state index in [9.17, 15) is 5.11 Å². The molecule has 0 amide bonds. The number of aliphatic hydroxyl groups excluding tert-OH is 1. The molecule has 0 bridgehead atoms. The molecule has 0 saturated heterocycles. The Kier molecular flexibility index (Phi) is 9.74. The number of nitrogens with one attached hydrogen (secondary N) is 1. The summed E-state index contributed by atoms with van der Waals surface area (Å²) in [4.78, 5) is 0. The van der Waals surface area contributed by atoms with Gasteiger partial charge in [-0.1, -0.05) is 27.7 Å². The SMILES string of the molecule is COCC(NCC(O)COCC(C)C)C(C)C. The summed E-state index contributed by atoms with van der Waals surface area (Å²) in [7, 11) is 1.69. The average Bonchev–Trinajstić information content (AvgIpc) is 2.23.